The van der Waals surface area contributed by atoms with Crippen LogP contribution in [0.4, 0.5) is 0 Å². The lowest BCUT2D eigenvalue weighted by Gasteiger charge is -2.39. The van der Waals surface area contributed by atoms with E-state index in [9.17, 15) is 5.11 Å². The summed E-state index contributed by atoms with van der Waals surface area (Å²) in [7, 11) is 9.49. The molecular formula is C24H30O8. The Hall–Kier alpha value is -2.84. The highest BCUT2D eigenvalue weighted by molar-refractivity contribution is 5.65. The van der Waals surface area contributed by atoms with Crippen molar-refractivity contribution < 1.29 is 38.3 Å². The van der Waals surface area contributed by atoms with E-state index < -0.39 is 6.10 Å². The molecule has 2 aromatic rings. The maximum Gasteiger partial charge on any atom is 0.203 e. The Labute approximate surface area is 187 Å². The van der Waals surface area contributed by atoms with Crippen LogP contribution in [0, 0.1) is 11.8 Å². The van der Waals surface area contributed by atoms with E-state index in [1.54, 1.807) is 42.7 Å². The largest absolute Gasteiger partial charge is 0.493 e. The molecule has 32 heavy (non-hydrogen) atoms. The predicted octanol–water partition coefficient (Wildman–Crippen LogP) is 3.18. The smallest absolute Gasteiger partial charge is 0.203 e. The Morgan fingerprint density at radius 2 is 1.22 bits per heavy atom. The second-order valence-electron chi connectivity index (χ2n) is 7.89. The van der Waals surface area contributed by atoms with E-state index in [-0.39, 0.29) is 17.8 Å². The first-order valence-electron chi connectivity index (χ1n) is 10.4. The number of hydrogen-bond acceptors (Lipinski definition) is 8. The Morgan fingerprint density at radius 3 is 1.75 bits per heavy atom. The maximum atomic E-state index is 11.3. The first-order chi connectivity index (χ1) is 15.5. The van der Waals surface area contributed by atoms with Crippen molar-refractivity contribution in [2.24, 2.45) is 11.8 Å². The third-order valence-electron chi connectivity index (χ3n) is 6.58. The van der Waals surface area contributed by atoms with Crippen molar-refractivity contribution in [2.45, 2.75) is 12.0 Å². The lowest BCUT2D eigenvalue weighted by atomic mass is 9.66. The van der Waals surface area contributed by atoms with Crippen LogP contribution in [0.2, 0.25) is 0 Å². The van der Waals surface area contributed by atoms with Crippen LogP contribution in [-0.2, 0) is 4.74 Å². The van der Waals surface area contributed by atoms with Crippen molar-refractivity contribution in [3.63, 3.8) is 0 Å². The van der Waals surface area contributed by atoms with Crippen molar-refractivity contribution in [2.75, 3.05) is 55.9 Å². The molecule has 0 aromatic heterocycles. The Balaban J connectivity index is 2.02. The summed E-state index contributed by atoms with van der Waals surface area (Å²) >= 11 is 0. The van der Waals surface area contributed by atoms with Gasteiger partial charge in [-0.1, -0.05) is 0 Å². The first kappa shape index (κ1) is 22.4. The fraction of sp³-hybridized carbons (Fsp3) is 0.500. The van der Waals surface area contributed by atoms with Gasteiger partial charge in [0.1, 0.15) is 0 Å². The van der Waals surface area contributed by atoms with Gasteiger partial charge in [-0.3, -0.25) is 0 Å². The Bertz CT molecular complexity index is 963. The second-order valence-corrected chi connectivity index (χ2v) is 7.89. The summed E-state index contributed by atoms with van der Waals surface area (Å²) in [5.74, 6) is 2.94. The first-order valence-corrected chi connectivity index (χ1v) is 10.4. The fourth-order valence-electron chi connectivity index (χ4n) is 5.16. The highest BCUT2D eigenvalue weighted by Gasteiger charge is 2.48. The van der Waals surface area contributed by atoms with Crippen LogP contribution < -0.4 is 28.4 Å². The van der Waals surface area contributed by atoms with E-state index in [1.165, 1.54) is 0 Å². The van der Waals surface area contributed by atoms with E-state index in [1.807, 2.05) is 18.2 Å². The quantitative estimate of drug-likeness (QED) is 0.694. The molecule has 2 aliphatic rings. The van der Waals surface area contributed by atoms with Crippen molar-refractivity contribution in [1.29, 1.82) is 0 Å². The van der Waals surface area contributed by atoms with Gasteiger partial charge in [-0.05, 0) is 29.3 Å². The number of aliphatic hydroxyl groups is 1. The second kappa shape index (κ2) is 8.96. The zero-order valence-electron chi connectivity index (χ0n) is 19.3. The number of aliphatic hydroxyl groups excluding tert-OH is 1. The summed E-state index contributed by atoms with van der Waals surface area (Å²) in [6, 6.07) is 5.72. The number of ether oxygens (including phenoxy) is 7. The molecule has 0 radical (unpaired) electrons. The Morgan fingerprint density at radius 1 is 0.688 bits per heavy atom. The van der Waals surface area contributed by atoms with Crippen molar-refractivity contribution >= 4 is 0 Å². The van der Waals surface area contributed by atoms with Crippen LogP contribution >= 0.6 is 0 Å². The van der Waals surface area contributed by atoms with Crippen LogP contribution in [0.5, 0.6) is 34.5 Å². The minimum absolute atomic E-state index is 0.0207. The van der Waals surface area contributed by atoms with E-state index >= 15 is 0 Å². The van der Waals surface area contributed by atoms with E-state index in [2.05, 4.69) is 0 Å². The van der Waals surface area contributed by atoms with Crippen LogP contribution in [0.3, 0.4) is 0 Å². The Kier molecular flexibility index (Phi) is 6.26. The molecule has 0 bridgehead atoms. The van der Waals surface area contributed by atoms with E-state index in [0.717, 1.165) is 16.7 Å². The van der Waals surface area contributed by atoms with Gasteiger partial charge in [0.25, 0.3) is 0 Å². The van der Waals surface area contributed by atoms with Gasteiger partial charge in [-0.2, -0.15) is 0 Å². The summed E-state index contributed by atoms with van der Waals surface area (Å²) < 4.78 is 39.6. The number of hydrogen-bond donors (Lipinski definition) is 1. The summed E-state index contributed by atoms with van der Waals surface area (Å²) in [6.07, 6.45) is -0.718. The van der Waals surface area contributed by atoms with E-state index in [4.69, 9.17) is 33.2 Å². The maximum absolute atomic E-state index is 11.3. The molecule has 0 amide bonds. The summed E-state index contributed by atoms with van der Waals surface area (Å²) in [6.45, 7) is 0.989. The van der Waals surface area contributed by atoms with E-state index in [0.29, 0.717) is 47.7 Å². The lowest BCUT2D eigenvalue weighted by Crippen LogP contribution is -2.33. The van der Waals surface area contributed by atoms with Crippen molar-refractivity contribution in [1.82, 2.24) is 0 Å². The van der Waals surface area contributed by atoms with Gasteiger partial charge < -0.3 is 38.3 Å². The summed E-state index contributed by atoms with van der Waals surface area (Å²) in [4.78, 5) is 0. The fourth-order valence-corrected chi connectivity index (χ4v) is 5.16. The van der Waals surface area contributed by atoms with Crippen LogP contribution in [0.1, 0.15) is 28.7 Å². The summed E-state index contributed by atoms with van der Waals surface area (Å²) in [5.41, 5.74) is 2.53. The van der Waals surface area contributed by atoms with Crippen molar-refractivity contribution in [3.05, 3.63) is 34.9 Å². The summed E-state index contributed by atoms with van der Waals surface area (Å²) in [5, 5.41) is 11.3. The third-order valence-corrected chi connectivity index (χ3v) is 6.58. The van der Waals surface area contributed by atoms with Crippen LogP contribution in [0.25, 0.3) is 0 Å². The average Bonchev–Trinajstić information content (AvgIpc) is 3.32. The zero-order valence-corrected chi connectivity index (χ0v) is 19.3. The standard InChI is InChI=1S/C24H30O8/c1-26-16-7-12(8-17(27-2)22(16)29-4)19-14-10-32-11-15(14)21(25)13-9-18(28-3)23(30-5)24(31-6)20(13)19/h7-9,14-15,19,21,25H,10-11H2,1-6H3/t14-,15-,19+,21+/m0/s1. The minimum atomic E-state index is -0.718. The molecule has 4 rings (SSSR count). The molecule has 8 nitrogen and oxygen atoms in total. The van der Waals surface area contributed by atoms with Gasteiger partial charge in [0.05, 0.1) is 62.0 Å². The third kappa shape index (κ3) is 3.29. The molecule has 1 fully saturated rings. The predicted molar refractivity (Wildman–Crippen MR) is 117 cm³/mol. The highest BCUT2D eigenvalue weighted by Crippen LogP contribution is 2.58. The molecule has 1 heterocycles. The van der Waals surface area contributed by atoms with Gasteiger partial charge >= 0.3 is 0 Å². The molecule has 0 spiro atoms. The minimum Gasteiger partial charge on any atom is -0.493 e. The molecule has 4 atom stereocenters. The molecule has 1 aliphatic heterocycles. The normalized spacial score (nSPS) is 23.7. The molecule has 0 saturated carbocycles. The van der Waals surface area contributed by atoms with Gasteiger partial charge in [-0.25, -0.2) is 0 Å². The molecule has 1 aliphatic carbocycles. The molecular weight excluding hydrogens is 416 g/mol. The van der Waals surface area contributed by atoms with Gasteiger partial charge in [0.2, 0.25) is 11.5 Å². The lowest BCUT2D eigenvalue weighted by molar-refractivity contribution is 0.0676. The number of rotatable bonds is 7. The SMILES string of the molecule is COc1cc([C@H]2c3c(cc(OC)c(OC)c3OC)[C@@H](O)[C@H]3COC[C@H]23)cc(OC)c1OC. The number of fused-ring (bicyclic) bond motifs is 2. The van der Waals surface area contributed by atoms with Gasteiger partial charge in [-0.15, -0.1) is 0 Å². The number of benzene rings is 2. The molecule has 1 saturated heterocycles. The highest BCUT2D eigenvalue weighted by atomic mass is 16.5. The molecule has 1 N–H and O–H groups in total. The monoisotopic (exact) mass is 446 g/mol. The molecule has 0 unspecified atom stereocenters. The molecule has 2 aromatic carbocycles. The average molecular weight is 446 g/mol. The van der Waals surface area contributed by atoms with Crippen LogP contribution in [0.15, 0.2) is 18.2 Å². The van der Waals surface area contributed by atoms with Gasteiger partial charge in [0.15, 0.2) is 23.0 Å². The zero-order chi connectivity index (χ0) is 23.0. The number of methoxy groups -OCH3 is 6. The molecule has 174 valence electrons. The van der Waals surface area contributed by atoms with Crippen molar-refractivity contribution in [3.8, 4) is 34.5 Å². The van der Waals surface area contributed by atoms with Gasteiger partial charge in [0, 0.05) is 23.3 Å². The molecule has 8 heteroatoms. The topological polar surface area (TPSA) is 84.8 Å². The van der Waals surface area contributed by atoms with Crippen LogP contribution in [-0.4, -0.2) is 61.0 Å².